The van der Waals surface area contributed by atoms with Crippen LogP contribution < -0.4 is 0 Å². The molecule has 2 heteroatoms. The van der Waals surface area contributed by atoms with Crippen LogP contribution in [0.2, 0.25) is 0 Å². The van der Waals surface area contributed by atoms with Gasteiger partial charge in [0.25, 0.3) is 0 Å². The predicted octanol–water partition coefficient (Wildman–Crippen LogP) is 3.25. The maximum atomic E-state index is 5.58. The van der Waals surface area contributed by atoms with Gasteiger partial charge in [-0.25, -0.2) is 0 Å². The molecule has 0 spiro atoms. The van der Waals surface area contributed by atoms with E-state index in [-0.39, 0.29) is 0 Å². The highest BCUT2D eigenvalue weighted by Gasteiger charge is 2.09. The third-order valence-electron chi connectivity index (χ3n) is 2.26. The highest BCUT2D eigenvalue weighted by molar-refractivity contribution is 5.22. The van der Waals surface area contributed by atoms with Crippen molar-refractivity contribution in [2.24, 2.45) is 0 Å². The fourth-order valence-corrected chi connectivity index (χ4v) is 1.39. The summed E-state index contributed by atoms with van der Waals surface area (Å²) in [5, 5.41) is 0. The van der Waals surface area contributed by atoms with Gasteiger partial charge in [0.1, 0.15) is 0 Å². The molecule has 0 aliphatic carbocycles. The van der Waals surface area contributed by atoms with Crippen LogP contribution in [-0.2, 0) is 4.74 Å². The minimum atomic E-state index is 0.814. The van der Waals surface area contributed by atoms with Crippen molar-refractivity contribution in [2.45, 2.75) is 26.7 Å². The van der Waals surface area contributed by atoms with Crippen LogP contribution in [0.1, 0.15) is 26.7 Å². The van der Waals surface area contributed by atoms with Crippen LogP contribution in [0.5, 0.6) is 0 Å². The number of ether oxygens (including phenoxy) is 1. The van der Waals surface area contributed by atoms with Gasteiger partial charge in [-0.15, -0.1) is 0 Å². The Bertz CT molecular complexity index is 266. The normalized spacial score (nSPS) is 15.7. The first-order valence-electron chi connectivity index (χ1n) is 5.46. The van der Waals surface area contributed by atoms with E-state index in [9.17, 15) is 0 Å². The van der Waals surface area contributed by atoms with E-state index >= 15 is 0 Å². The third kappa shape index (κ3) is 4.34. The molecular weight excluding hydrogens is 186 g/mol. The predicted molar refractivity (Wildman–Crippen MR) is 63.9 cm³/mol. The van der Waals surface area contributed by atoms with Crippen molar-refractivity contribution < 1.29 is 4.74 Å². The summed E-state index contributed by atoms with van der Waals surface area (Å²) in [4.78, 5) is 2.12. The van der Waals surface area contributed by atoms with Gasteiger partial charge in [0, 0.05) is 32.0 Å². The van der Waals surface area contributed by atoms with Crippen LogP contribution >= 0.6 is 0 Å². The van der Waals surface area contributed by atoms with Crippen molar-refractivity contribution in [3.8, 4) is 0 Å². The maximum absolute atomic E-state index is 5.58. The van der Waals surface area contributed by atoms with Gasteiger partial charge in [-0.05, 0) is 25.5 Å². The van der Waals surface area contributed by atoms with Crippen molar-refractivity contribution in [3.63, 3.8) is 0 Å². The van der Waals surface area contributed by atoms with Crippen LogP contribution in [0.15, 0.2) is 36.2 Å². The first-order chi connectivity index (χ1) is 7.24. The second-order valence-corrected chi connectivity index (χ2v) is 3.72. The van der Waals surface area contributed by atoms with Gasteiger partial charge in [0.05, 0.1) is 6.10 Å². The highest BCUT2D eigenvalue weighted by atomic mass is 16.5. The van der Waals surface area contributed by atoms with Crippen LogP contribution in [-0.4, -0.2) is 18.6 Å². The Labute approximate surface area is 92.9 Å². The molecular formula is C13H20NO. The number of allylic oxidation sites excluding steroid dienone is 4. The Morgan fingerprint density at radius 3 is 2.87 bits per heavy atom. The first-order valence-corrected chi connectivity index (χ1v) is 5.46. The second kappa shape index (κ2) is 6.46. The molecule has 83 valence electrons. The molecule has 1 rings (SSSR count). The lowest BCUT2D eigenvalue weighted by Crippen LogP contribution is -2.13. The molecule has 0 saturated heterocycles. The molecule has 0 fully saturated rings. The van der Waals surface area contributed by atoms with E-state index in [1.807, 2.05) is 19.1 Å². The lowest BCUT2D eigenvalue weighted by molar-refractivity contribution is 0.144. The molecule has 0 aromatic carbocycles. The third-order valence-corrected chi connectivity index (χ3v) is 2.26. The Kier molecular flexibility index (Phi) is 5.19. The van der Waals surface area contributed by atoms with E-state index in [2.05, 4.69) is 37.2 Å². The number of rotatable bonds is 5. The van der Waals surface area contributed by atoms with E-state index < -0.39 is 0 Å². The second-order valence-electron chi connectivity index (χ2n) is 3.72. The highest BCUT2D eigenvalue weighted by Crippen LogP contribution is 2.19. The Hall–Kier alpha value is -1.02. The van der Waals surface area contributed by atoms with Crippen LogP contribution in [0.3, 0.4) is 0 Å². The van der Waals surface area contributed by atoms with Crippen molar-refractivity contribution in [1.29, 1.82) is 0 Å². The Morgan fingerprint density at radius 2 is 2.13 bits per heavy atom. The Morgan fingerprint density at radius 1 is 1.33 bits per heavy atom. The van der Waals surface area contributed by atoms with Gasteiger partial charge in [-0.3, -0.25) is 0 Å². The molecule has 0 saturated carbocycles. The van der Waals surface area contributed by atoms with E-state index in [0.717, 1.165) is 25.6 Å². The van der Waals surface area contributed by atoms with Crippen LogP contribution in [0.4, 0.5) is 0 Å². The van der Waals surface area contributed by atoms with E-state index in [4.69, 9.17) is 4.74 Å². The minimum Gasteiger partial charge on any atom is -0.372 e. The zero-order valence-corrected chi connectivity index (χ0v) is 9.86. The van der Waals surface area contributed by atoms with Crippen LogP contribution in [0.25, 0.3) is 0 Å². The minimum absolute atomic E-state index is 0.814. The van der Waals surface area contributed by atoms with Gasteiger partial charge < -0.3 is 9.64 Å². The molecule has 0 aromatic heterocycles. The van der Waals surface area contributed by atoms with E-state index in [1.165, 1.54) is 5.70 Å². The van der Waals surface area contributed by atoms with Crippen molar-refractivity contribution in [3.05, 3.63) is 42.3 Å². The summed E-state index contributed by atoms with van der Waals surface area (Å²) in [5.41, 5.74) is 1.26. The van der Waals surface area contributed by atoms with Crippen molar-refractivity contribution in [1.82, 2.24) is 4.90 Å². The van der Waals surface area contributed by atoms with Crippen LogP contribution in [0, 0.1) is 6.10 Å². The summed E-state index contributed by atoms with van der Waals surface area (Å²) in [6, 6.07) is 0. The van der Waals surface area contributed by atoms with Gasteiger partial charge in [0.15, 0.2) is 0 Å². The lowest BCUT2D eigenvalue weighted by Gasteiger charge is -2.20. The van der Waals surface area contributed by atoms with Gasteiger partial charge >= 0.3 is 0 Å². The number of nitrogens with zero attached hydrogens (tertiary/aromatic N) is 1. The fraction of sp³-hybridized carbons (Fsp3) is 0.462. The Balaban J connectivity index is 2.45. The van der Waals surface area contributed by atoms with Gasteiger partial charge in [-0.2, -0.15) is 0 Å². The molecule has 1 heterocycles. The SMILES string of the molecule is CCCO[C](C)CC1=CC=CC=CN1C. The maximum Gasteiger partial charge on any atom is 0.0998 e. The first kappa shape index (κ1) is 12.1. The summed E-state index contributed by atoms with van der Waals surface area (Å²) >= 11 is 0. The van der Waals surface area contributed by atoms with Crippen molar-refractivity contribution in [2.75, 3.05) is 13.7 Å². The number of hydrogen-bond acceptors (Lipinski definition) is 2. The summed E-state index contributed by atoms with van der Waals surface area (Å²) in [5.74, 6) is 0. The molecule has 15 heavy (non-hydrogen) atoms. The van der Waals surface area contributed by atoms with E-state index in [0.29, 0.717) is 0 Å². The molecule has 0 bridgehead atoms. The summed E-state index contributed by atoms with van der Waals surface area (Å²) in [7, 11) is 2.06. The molecule has 1 aliphatic heterocycles. The van der Waals surface area contributed by atoms with Crippen molar-refractivity contribution >= 4 is 0 Å². The largest absolute Gasteiger partial charge is 0.372 e. The smallest absolute Gasteiger partial charge is 0.0998 e. The molecule has 2 nitrogen and oxygen atoms in total. The molecule has 0 unspecified atom stereocenters. The average molecular weight is 206 g/mol. The molecule has 0 atom stereocenters. The van der Waals surface area contributed by atoms with Gasteiger partial charge in [0.2, 0.25) is 0 Å². The van der Waals surface area contributed by atoms with E-state index in [1.54, 1.807) is 0 Å². The van der Waals surface area contributed by atoms with Gasteiger partial charge in [-0.1, -0.05) is 19.1 Å². The zero-order valence-electron chi connectivity index (χ0n) is 9.86. The molecule has 1 radical (unpaired) electrons. The number of hydrogen-bond donors (Lipinski definition) is 0. The quantitative estimate of drug-likeness (QED) is 0.684. The monoisotopic (exact) mass is 206 g/mol. The molecule has 0 amide bonds. The standard InChI is InChI=1S/C13H20NO/c1-4-10-15-12(2)11-13-8-6-5-7-9-14(13)3/h5-9H,4,10-11H2,1-3H3. The molecule has 0 N–H and O–H groups in total. The topological polar surface area (TPSA) is 12.5 Å². The summed E-state index contributed by atoms with van der Waals surface area (Å²) in [6.07, 6.45) is 13.3. The summed E-state index contributed by atoms with van der Waals surface area (Å²) < 4.78 is 5.58. The summed E-state index contributed by atoms with van der Waals surface area (Å²) in [6.45, 7) is 4.98. The molecule has 0 aromatic rings. The lowest BCUT2D eigenvalue weighted by atomic mass is 10.2. The fourth-order valence-electron chi connectivity index (χ4n) is 1.39. The zero-order chi connectivity index (χ0) is 11.1. The average Bonchev–Trinajstić information content (AvgIpc) is 2.42. The molecule has 1 aliphatic rings.